The lowest BCUT2D eigenvalue weighted by molar-refractivity contribution is -0.907. The molecule has 8 nitrogen and oxygen atoms in total. The Morgan fingerprint density at radius 2 is 1.93 bits per heavy atom. The zero-order chi connectivity index (χ0) is 20.1. The molecule has 2 N–H and O–H groups in total. The van der Waals surface area contributed by atoms with Crippen molar-refractivity contribution in [2.24, 2.45) is 5.92 Å². The van der Waals surface area contributed by atoms with E-state index in [-0.39, 0.29) is 11.9 Å². The number of aryl methyl sites for hydroxylation is 1. The molecule has 1 aliphatic carbocycles. The molecule has 0 aromatic carbocycles. The van der Waals surface area contributed by atoms with Gasteiger partial charge >= 0.3 is 6.03 Å². The second-order valence-electron chi connectivity index (χ2n) is 8.92. The highest BCUT2D eigenvalue weighted by atomic mass is 16.2. The predicted molar refractivity (Wildman–Crippen MR) is 105 cm³/mol. The number of anilines is 1. The lowest BCUT2D eigenvalue weighted by Crippen LogP contribution is -3.16. The van der Waals surface area contributed by atoms with Crippen LogP contribution in [0, 0.1) is 12.8 Å². The third kappa shape index (κ3) is 3.45. The fourth-order valence-corrected chi connectivity index (χ4v) is 4.23. The number of hydrogen-bond acceptors (Lipinski definition) is 5. The van der Waals surface area contributed by atoms with Crippen molar-refractivity contribution in [2.75, 3.05) is 37.7 Å². The van der Waals surface area contributed by atoms with Crippen molar-refractivity contribution in [3.05, 3.63) is 17.6 Å². The molecular formula is C20H31N6O2+. The van der Waals surface area contributed by atoms with E-state index in [1.54, 1.807) is 0 Å². The number of carbonyl (C=O) groups is 2. The molecule has 1 aromatic rings. The number of urea groups is 1. The van der Waals surface area contributed by atoms with Crippen molar-refractivity contribution >= 4 is 17.8 Å². The molecule has 1 saturated carbocycles. The van der Waals surface area contributed by atoms with Crippen LogP contribution in [0.25, 0.3) is 0 Å². The largest absolute Gasteiger partial charge is 0.345 e. The average molecular weight is 388 g/mol. The van der Waals surface area contributed by atoms with Gasteiger partial charge in [0.25, 0.3) is 5.91 Å². The van der Waals surface area contributed by atoms with Crippen LogP contribution in [0.4, 0.5) is 10.6 Å². The van der Waals surface area contributed by atoms with Gasteiger partial charge in [-0.1, -0.05) is 13.8 Å². The number of nitrogens with zero attached hydrogens (tertiary/aromatic N) is 4. The molecule has 0 unspecified atom stereocenters. The summed E-state index contributed by atoms with van der Waals surface area (Å²) in [6.07, 6.45) is 2.05. The highest BCUT2D eigenvalue weighted by Crippen LogP contribution is 2.42. The quantitative estimate of drug-likeness (QED) is 0.710. The van der Waals surface area contributed by atoms with E-state index in [1.165, 1.54) is 9.80 Å². The zero-order valence-electron chi connectivity index (χ0n) is 17.3. The first-order valence-electron chi connectivity index (χ1n) is 10.4. The Balaban J connectivity index is 1.37. The standard InChI is InChI=1S/C20H30N6O2/c1-13(2)17-21-14(3)11-16(22-17)25-9-7-24(8-10-25)12-26-18(27)20(4,15-5-6-15)23-19(26)28/h11,13,15H,5-10,12H2,1-4H3,(H,23,28)/p+1/t20-/m0/s1. The summed E-state index contributed by atoms with van der Waals surface area (Å²) in [5.41, 5.74) is 0.298. The highest BCUT2D eigenvalue weighted by molar-refractivity contribution is 6.07. The Morgan fingerprint density at radius 1 is 1.25 bits per heavy atom. The molecule has 4 rings (SSSR count). The molecule has 1 aromatic heterocycles. The van der Waals surface area contributed by atoms with E-state index in [4.69, 9.17) is 4.98 Å². The van der Waals surface area contributed by atoms with Gasteiger partial charge in [-0.2, -0.15) is 0 Å². The predicted octanol–water partition coefficient (Wildman–Crippen LogP) is 0.291. The highest BCUT2D eigenvalue weighted by Gasteiger charge is 2.56. The van der Waals surface area contributed by atoms with Crippen molar-refractivity contribution in [2.45, 2.75) is 52.0 Å². The minimum atomic E-state index is -0.690. The fourth-order valence-electron chi connectivity index (χ4n) is 4.23. The Bertz CT molecular complexity index is 785. The van der Waals surface area contributed by atoms with Crippen molar-refractivity contribution in [1.82, 2.24) is 20.2 Å². The Kier molecular flexibility index (Phi) is 4.77. The van der Waals surface area contributed by atoms with E-state index in [0.29, 0.717) is 18.5 Å². The number of aromatic nitrogens is 2. The molecule has 152 valence electrons. The lowest BCUT2D eigenvalue weighted by atomic mass is 9.96. The van der Waals surface area contributed by atoms with Crippen LogP contribution in [0.5, 0.6) is 0 Å². The van der Waals surface area contributed by atoms with Crippen LogP contribution in [0.2, 0.25) is 0 Å². The molecule has 28 heavy (non-hydrogen) atoms. The lowest BCUT2D eigenvalue weighted by Gasteiger charge is -2.34. The smallest absolute Gasteiger partial charge is 0.329 e. The summed E-state index contributed by atoms with van der Waals surface area (Å²) in [5.74, 6) is 2.40. The van der Waals surface area contributed by atoms with Crippen LogP contribution in [0.1, 0.15) is 51.0 Å². The number of imide groups is 1. The van der Waals surface area contributed by atoms with Gasteiger partial charge < -0.3 is 15.1 Å². The van der Waals surface area contributed by atoms with Gasteiger partial charge in [0.2, 0.25) is 0 Å². The van der Waals surface area contributed by atoms with Crippen molar-refractivity contribution in [1.29, 1.82) is 0 Å². The van der Waals surface area contributed by atoms with Crippen molar-refractivity contribution < 1.29 is 14.5 Å². The molecule has 1 atom stereocenters. The molecule has 0 spiro atoms. The van der Waals surface area contributed by atoms with E-state index < -0.39 is 5.54 Å². The summed E-state index contributed by atoms with van der Waals surface area (Å²) in [4.78, 5) is 39.4. The van der Waals surface area contributed by atoms with Gasteiger partial charge in [0.1, 0.15) is 17.2 Å². The van der Waals surface area contributed by atoms with Crippen molar-refractivity contribution in [3.8, 4) is 0 Å². The fraction of sp³-hybridized carbons (Fsp3) is 0.700. The van der Waals surface area contributed by atoms with Gasteiger partial charge in [0.05, 0.1) is 26.2 Å². The van der Waals surface area contributed by atoms with Crippen LogP contribution >= 0.6 is 0 Å². The number of piperazine rings is 1. The number of nitrogens with one attached hydrogen (secondary N) is 2. The Hall–Kier alpha value is -2.22. The molecule has 3 aliphatic rings. The topological polar surface area (TPSA) is 82.9 Å². The van der Waals surface area contributed by atoms with Gasteiger partial charge in [-0.05, 0) is 32.6 Å². The molecular weight excluding hydrogens is 356 g/mol. The Morgan fingerprint density at radius 3 is 2.54 bits per heavy atom. The summed E-state index contributed by atoms with van der Waals surface area (Å²) in [5, 5.41) is 2.94. The molecule has 0 radical (unpaired) electrons. The number of rotatable bonds is 5. The maximum Gasteiger partial charge on any atom is 0.329 e. The minimum Gasteiger partial charge on any atom is -0.345 e. The first-order valence-corrected chi connectivity index (χ1v) is 10.4. The second kappa shape index (κ2) is 6.99. The normalized spacial score (nSPS) is 26.3. The molecule has 8 heteroatoms. The molecule has 2 saturated heterocycles. The molecule has 3 fully saturated rings. The summed E-state index contributed by atoms with van der Waals surface area (Å²) in [6, 6.07) is 1.80. The molecule has 0 bridgehead atoms. The number of quaternary nitrogens is 1. The van der Waals surface area contributed by atoms with Crippen LogP contribution < -0.4 is 15.1 Å². The van der Waals surface area contributed by atoms with Crippen LogP contribution in [-0.4, -0.2) is 65.2 Å². The summed E-state index contributed by atoms with van der Waals surface area (Å²) >= 11 is 0. The summed E-state index contributed by atoms with van der Waals surface area (Å²) in [6.45, 7) is 12.0. The first kappa shape index (κ1) is 19.1. The van der Waals surface area contributed by atoms with E-state index in [0.717, 1.165) is 56.4 Å². The van der Waals surface area contributed by atoms with Crippen molar-refractivity contribution in [3.63, 3.8) is 0 Å². The average Bonchev–Trinajstić information content (AvgIpc) is 3.48. The van der Waals surface area contributed by atoms with E-state index in [2.05, 4.69) is 29.0 Å². The summed E-state index contributed by atoms with van der Waals surface area (Å²) < 4.78 is 0. The molecule has 3 amide bonds. The van der Waals surface area contributed by atoms with Gasteiger partial charge in [-0.15, -0.1) is 0 Å². The second-order valence-corrected chi connectivity index (χ2v) is 8.92. The molecule has 3 heterocycles. The monoisotopic (exact) mass is 387 g/mol. The third-order valence-corrected chi connectivity index (χ3v) is 6.25. The summed E-state index contributed by atoms with van der Waals surface area (Å²) in [7, 11) is 0. The minimum absolute atomic E-state index is 0.0528. The van der Waals surface area contributed by atoms with Crippen LogP contribution in [-0.2, 0) is 4.79 Å². The third-order valence-electron chi connectivity index (χ3n) is 6.25. The zero-order valence-corrected chi connectivity index (χ0v) is 17.3. The van der Waals surface area contributed by atoms with E-state index in [9.17, 15) is 9.59 Å². The van der Waals surface area contributed by atoms with Gasteiger partial charge in [-0.3, -0.25) is 4.79 Å². The van der Waals surface area contributed by atoms with E-state index >= 15 is 0 Å². The SMILES string of the molecule is Cc1cc(N2CC[NH+](CN3C(=O)N[C@@](C)(C4CC4)C3=O)CC2)nc(C(C)C)n1. The Labute approximate surface area is 166 Å². The molecule has 2 aliphatic heterocycles. The van der Waals surface area contributed by atoms with Crippen LogP contribution in [0.15, 0.2) is 6.07 Å². The maximum atomic E-state index is 12.8. The van der Waals surface area contributed by atoms with Gasteiger partial charge in [-0.25, -0.2) is 19.7 Å². The van der Waals surface area contributed by atoms with Crippen LogP contribution in [0.3, 0.4) is 0 Å². The number of carbonyl (C=O) groups excluding carboxylic acids is 2. The number of amides is 3. The van der Waals surface area contributed by atoms with E-state index in [1.807, 2.05) is 19.9 Å². The maximum absolute atomic E-state index is 12.8. The van der Waals surface area contributed by atoms with Gasteiger partial charge in [0.15, 0.2) is 6.67 Å². The van der Waals surface area contributed by atoms with Gasteiger partial charge in [0, 0.05) is 17.7 Å². The first-order chi connectivity index (χ1) is 13.3. The number of hydrogen-bond donors (Lipinski definition) is 2.